The molecule has 0 fully saturated rings. The molecule has 0 unspecified atom stereocenters. The summed E-state index contributed by atoms with van der Waals surface area (Å²) in [7, 11) is 1.87. The van der Waals surface area contributed by atoms with Crippen LogP contribution in [0.2, 0.25) is 0 Å². The van der Waals surface area contributed by atoms with E-state index in [1.807, 2.05) is 13.2 Å². The first kappa shape index (κ1) is 7.63. The minimum absolute atomic E-state index is 0.689. The highest BCUT2D eigenvalue weighted by Crippen LogP contribution is 2.19. The Bertz CT molecular complexity index is 438. The third-order valence-corrected chi connectivity index (χ3v) is 2.53. The molecule has 4 nitrogen and oxygen atoms in total. The molecule has 62 valence electrons. The van der Waals surface area contributed by atoms with Crippen LogP contribution in [-0.4, -0.2) is 20.0 Å². The summed E-state index contributed by atoms with van der Waals surface area (Å²) in [6.45, 7) is 0. The maximum Gasteiger partial charge on any atom is 0.176 e. The third-order valence-electron chi connectivity index (χ3n) is 1.39. The van der Waals surface area contributed by atoms with Crippen molar-refractivity contribution < 1.29 is 0 Å². The van der Waals surface area contributed by atoms with Gasteiger partial charge in [-0.05, 0) is 12.2 Å². The lowest BCUT2D eigenvalue weighted by atomic mass is 10.4. The Morgan fingerprint density at radius 2 is 2.50 bits per heavy atom. The summed E-state index contributed by atoms with van der Waals surface area (Å²) in [6.07, 6.45) is 3.67. The predicted octanol–water partition coefficient (Wildman–Crippen LogP) is 1.60. The molecule has 2 aromatic rings. The lowest BCUT2D eigenvalue weighted by Gasteiger charge is -1.83. The molecule has 0 aromatic carbocycles. The van der Waals surface area contributed by atoms with Crippen LogP contribution in [-0.2, 0) is 7.05 Å². The zero-order valence-corrected chi connectivity index (χ0v) is 7.95. The van der Waals surface area contributed by atoms with Crippen molar-refractivity contribution in [1.82, 2.24) is 20.0 Å². The maximum absolute atomic E-state index is 4.91. The Hall–Kier alpha value is -1.01. The lowest BCUT2D eigenvalue weighted by Crippen LogP contribution is -1.83. The first-order chi connectivity index (χ1) is 5.75. The van der Waals surface area contributed by atoms with Crippen molar-refractivity contribution in [3.63, 3.8) is 0 Å². The van der Waals surface area contributed by atoms with Crippen molar-refractivity contribution in [2.75, 3.05) is 0 Å². The minimum atomic E-state index is 0.689. The van der Waals surface area contributed by atoms with E-state index < -0.39 is 0 Å². The number of aromatic nitrogens is 4. The fourth-order valence-electron chi connectivity index (χ4n) is 0.885. The van der Waals surface area contributed by atoms with Gasteiger partial charge in [0, 0.05) is 13.2 Å². The van der Waals surface area contributed by atoms with Crippen molar-refractivity contribution in [2.24, 2.45) is 7.05 Å². The second-order valence-corrected chi connectivity index (χ2v) is 3.99. The third kappa shape index (κ3) is 1.30. The van der Waals surface area contributed by atoms with Gasteiger partial charge in [0.15, 0.2) is 3.95 Å². The van der Waals surface area contributed by atoms with Crippen molar-refractivity contribution >= 4 is 23.6 Å². The Labute approximate surface area is 77.9 Å². The van der Waals surface area contributed by atoms with Gasteiger partial charge in [-0.3, -0.25) is 9.78 Å². The number of H-pyrrole nitrogens is 1. The molecule has 12 heavy (non-hydrogen) atoms. The highest BCUT2D eigenvalue weighted by atomic mass is 32.1. The molecule has 6 heteroatoms. The van der Waals surface area contributed by atoms with E-state index in [1.54, 1.807) is 10.9 Å². The average molecular weight is 198 g/mol. The molecule has 0 radical (unpaired) electrons. The van der Waals surface area contributed by atoms with Crippen molar-refractivity contribution in [2.45, 2.75) is 0 Å². The van der Waals surface area contributed by atoms with E-state index in [2.05, 4.69) is 15.3 Å². The van der Waals surface area contributed by atoms with Crippen LogP contribution in [0.1, 0.15) is 0 Å². The van der Waals surface area contributed by atoms with E-state index in [9.17, 15) is 0 Å². The quantitative estimate of drug-likeness (QED) is 0.708. The topological polar surface area (TPSA) is 46.5 Å². The number of nitrogens with zero attached hydrogens (tertiary/aromatic N) is 3. The van der Waals surface area contributed by atoms with Gasteiger partial charge in [-0.25, -0.2) is 0 Å². The highest BCUT2D eigenvalue weighted by molar-refractivity contribution is 7.73. The Kier molecular flexibility index (Phi) is 1.78. The van der Waals surface area contributed by atoms with E-state index in [1.165, 1.54) is 11.3 Å². The molecule has 2 heterocycles. The molecule has 0 atom stereocenters. The van der Waals surface area contributed by atoms with Crippen LogP contribution in [0, 0.1) is 3.95 Å². The van der Waals surface area contributed by atoms with Gasteiger partial charge in [0.25, 0.3) is 0 Å². The normalized spacial score (nSPS) is 10.4. The van der Waals surface area contributed by atoms with Crippen LogP contribution in [0.3, 0.4) is 0 Å². The number of rotatable bonds is 1. The van der Waals surface area contributed by atoms with Crippen LogP contribution in [0.5, 0.6) is 0 Å². The lowest BCUT2D eigenvalue weighted by molar-refractivity contribution is 0.768. The molecule has 2 aromatic heterocycles. The largest absolute Gasteiger partial charge is 0.275 e. The summed E-state index contributed by atoms with van der Waals surface area (Å²) in [5.74, 6) is 0. The predicted molar refractivity (Wildman–Crippen MR) is 49.5 cm³/mol. The first-order valence-electron chi connectivity index (χ1n) is 3.30. The van der Waals surface area contributed by atoms with Gasteiger partial charge in [0.05, 0.1) is 11.8 Å². The van der Waals surface area contributed by atoms with Gasteiger partial charge in [-0.1, -0.05) is 11.3 Å². The van der Waals surface area contributed by atoms with Gasteiger partial charge in [0.2, 0.25) is 0 Å². The van der Waals surface area contributed by atoms with Gasteiger partial charge < -0.3 is 0 Å². The molecule has 0 aliphatic carbocycles. The minimum Gasteiger partial charge on any atom is -0.275 e. The molecule has 2 rings (SSSR count). The standard InChI is InChI=1S/C6H6N4S2/c1-10-3-4(2-7-10)5-8-9-6(11)12-5/h2-3H,1H3,(H,9,11). The highest BCUT2D eigenvalue weighted by Gasteiger charge is 2.02. The second-order valence-electron chi connectivity index (χ2n) is 2.32. The zero-order valence-electron chi connectivity index (χ0n) is 6.31. The van der Waals surface area contributed by atoms with E-state index in [0.29, 0.717) is 3.95 Å². The SMILES string of the molecule is Cn1cc(-c2n[nH]c(=S)s2)cn1. The number of hydrogen-bond donors (Lipinski definition) is 1. The number of aromatic amines is 1. The average Bonchev–Trinajstić information content (AvgIpc) is 2.58. The number of hydrogen-bond acceptors (Lipinski definition) is 4. The van der Waals surface area contributed by atoms with Gasteiger partial charge >= 0.3 is 0 Å². The molecule has 0 saturated heterocycles. The zero-order chi connectivity index (χ0) is 8.55. The molecular weight excluding hydrogens is 192 g/mol. The molecular formula is C6H6N4S2. The molecule has 1 N–H and O–H groups in total. The van der Waals surface area contributed by atoms with Crippen LogP contribution in [0.15, 0.2) is 12.4 Å². The maximum atomic E-state index is 4.91. The van der Waals surface area contributed by atoms with Gasteiger partial charge in [0.1, 0.15) is 5.01 Å². The smallest absolute Gasteiger partial charge is 0.176 e. The Morgan fingerprint density at radius 3 is 3.00 bits per heavy atom. The van der Waals surface area contributed by atoms with Gasteiger partial charge in [-0.2, -0.15) is 10.2 Å². The number of nitrogens with one attached hydrogen (secondary N) is 1. The summed E-state index contributed by atoms with van der Waals surface area (Å²) in [6, 6.07) is 0. The van der Waals surface area contributed by atoms with Crippen molar-refractivity contribution in [3.05, 3.63) is 16.3 Å². The summed E-state index contributed by atoms with van der Waals surface area (Å²) in [4.78, 5) is 0. The monoisotopic (exact) mass is 198 g/mol. The van der Waals surface area contributed by atoms with E-state index in [-0.39, 0.29) is 0 Å². The summed E-state index contributed by atoms with van der Waals surface area (Å²) in [5, 5.41) is 11.7. The number of aryl methyl sites for hydroxylation is 1. The van der Waals surface area contributed by atoms with E-state index in [4.69, 9.17) is 12.2 Å². The summed E-state index contributed by atoms with van der Waals surface area (Å²) in [5.41, 5.74) is 0.995. The fraction of sp³-hybridized carbons (Fsp3) is 0.167. The van der Waals surface area contributed by atoms with Crippen molar-refractivity contribution in [1.29, 1.82) is 0 Å². The molecule has 0 bridgehead atoms. The van der Waals surface area contributed by atoms with Crippen LogP contribution in [0.4, 0.5) is 0 Å². The summed E-state index contributed by atoms with van der Waals surface area (Å²) >= 11 is 6.36. The van der Waals surface area contributed by atoms with E-state index in [0.717, 1.165) is 10.6 Å². The van der Waals surface area contributed by atoms with Crippen LogP contribution >= 0.6 is 23.6 Å². The first-order valence-corrected chi connectivity index (χ1v) is 4.53. The Morgan fingerprint density at radius 1 is 1.67 bits per heavy atom. The Balaban J connectivity index is 2.50. The molecule has 0 amide bonds. The van der Waals surface area contributed by atoms with Crippen LogP contribution in [0.25, 0.3) is 10.6 Å². The van der Waals surface area contributed by atoms with Crippen molar-refractivity contribution in [3.8, 4) is 10.6 Å². The molecule has 0 aliphatic rings. The molecule has 0 spiro atoms. The molecule has 0 aliphatic heterocycles. The van der Waals surface area contributed by atoms with E-state index >= 15 is 0 Å². The second kappa shape index (κ2) is 2.80. The summed E-state index contributed by atoms with van der Waals surface area (Å²) < 4.78 is 2.42. The molecule has 0 saturated carbocycles. The van der Waals surface area contributed by atoms with Crippen LogP contribution < -0.4 is 0 Å². The van der Waals surface area contributed by atoms with Gasteiger partial charge in [-0.15, -0.1) is 0 Å². The fourth-order valence-corrected chi connectivity index (χ4v) is 1.75.